The third-order valence-corrected chi connectivity index (χ3v) is 7.23. The zero-order chi connectivity index (χ0) is 19.7. The van der Waals surface area contributed by atoms with Crippen LogP contribution in [-0.4, -0.2) is 29.2 Å². The van der Waals surface area contributed by atoms with Gasteiger partial charge in [-0.1, -0.05) is 91.0 Å². The zero-order valence-corrected chi connectivity index (χ0v) is 16.8. The molecule has 29 heavy (non-hydrogen) atoms. The standard InChI is InChI=1S/C27H29NO/c29-26-16-17-27(22-12-6-2-7-13-22,23-14-8-3-9-15-23)25-20-28(19-24(25)26)18-21-10-4-1-5-11-21/h1-15,24-26,29H,16-20H2/t24?,25-,26?/m1/s1. The van der Waals surface area contributed by atoms with Crippen LogP contribution in [0, 0.1) is 11.8 Å². The highest BCUT2D eigenvalue weighted by molar-refractivity contribution is 5.42. The molecule has 0 amide bonds. The topological polar surface area (TPSA) is 23.5 Å². The Morgan fingerprint density at radius 3 is 1.90 bits per heavy atom. The molecule has 3 aromatic carbocycles. The highest BCUT2D eigenvalue weighted by Gasteiger charge is 2.54. The van der Waals surface area contributed by atoms with Gasteiger partial charge in [-0.2, -0.15) is 0 Å². The molecule has 0 radical (unpaired) electrons. The third-order valence-electron chi connectivity index (χ3n) is 7.23. The van der Waals surface area contributed by atoms with Gasteiger partial charge in [0.2, 0.25) is 0 Å². The smallest absolute Gasteiger partial charge is 0.0584 e. The first-order valence-electron chi connectivity index (χ1n) is 10.8. The molecule has 1 saturated carbocycles. The predicted molar refractivity (Wildman–Crippen MR) is 118 cm³/mol. The Kier molecular flexibility index (Phi) is 4.99. The number of aliphatic hydroxyl groups is 1. The van der Waals surface area contributed by atoms with E-state index in [1.165, 1.54) is 16.7 Å². The quantitative estimate of drug-likeness (QED) is 0.694. The summed E-state index contributed by atoms with van der Waals surface area (Å²) in [5.41, 5.74) is 4.12. The molecule has 148 valence electrons. The highest BCUT2D eigenvalue weighted by Crippen LogP contribution is 2.53. The molecule has 3 aromatic rings. The first kappa shape index (κ1) is 18.6. The summed E-state index contributed by atoms with van der Waals surface area (Å²) in [5, 5.41) is 11.0. The van der Waals surface area contributed by atoms with Crippen molar-refractivity contribution in [2.75, 3.05) is 13.1 Å². The van der Waals surface area contributed by atoms with E-state index in [4.69, 9.17) is 0 Å². The number of hydrogen-bond donors (Lipinski definition) is 1. The molecule has 1 aliphatic carbocycles. The molecule has 2 aliphatic rings. The lowest BCUT2D eigenvalue weighted by Crippen LogP contribution is -2.48. The van der Waals surface area contributed by atoms with Crippen LogP contribution in [0.15, 0.2) is 91.0 Å². The van der Waals surface area contributed by atoms with E-state index < -0.39 is 0 Å². The van der Waals surface area contributed by atoms with Gasteiger partial charge in [0.1, 0.15) is 0 Å². The van der Waals surface area contributed by atoms with E-state index in [1.54, 1.807) is 0 Å². The molecule has 1 N–H and O–H groups in total. The van der Waals surface area contributed by atoms with E-state index in [2.05, 4.69) is 95.9 Å². The van der Waals surface area contributed by atoms with Crippen LogP contribution in [0.3, 0.4) is 0 Å². The molecular weight excluding hydrogens is 354 g/mol. The molecule has 5 rings (SSSR count). The fourth-order valence-electron chi connectivity index (χ4n) is 5.92. The van der Waals surface area contributed by atoms with Crippen LogP contribution in [0.1, 0.15) is 29.5 Å². The summed E-state index contributed by atoms with van der Waals surface area (Å²) in [6.07, 6.45) is 1.66. The number of aliphatic hydroxyl groups excluding tert-OH is 1. The van der Waals surface area contributed by atoms with E-state index in [-0.39, 0.29) is 11.5 Å². The van der Waals surface area contributed by atoms with Crippen LogP contribution in [0.25, 0.3) is 0 Å². The molecule has 0 aromatic heterocycles. The second-order valence-corrected chi connectivity index (χ2v) is 8.76. The number of fused-ring (bicyclic) bond motifs is 1. The maximum Gasteiger partial charge on any atom is 0.0584 e. The molecule has 3 atom stereocenters. The Labute approximate surface area is 173 Å². The number of benzene rings is 3. The maximum absolute atomic E-state index is 11.0. The van der Waals surface area contributed by atoms with Crippen LogP contribution < -0.4 is 0 Å². The monoisotopic (exact) mass is 383 g/mol. The van der Waals surface area contributed by atoms with Gasteiger partial charge in [0, 0.05) is 31.0 Å². The van der Waals surface area contributed by atoms with Gasteiger partial charge in [0.15, 0.2) is 0 Å². The lowest BCUT2D eigenvalue weighted by Gasteiger charge is -2.48. The van der Waals surface area contributed by atoms with Gasteiger partial charge in [-0.05, 0) is 35.4 Å². The minimum Gasteiger partial charge on any atom is -0.393 e. The van der Waals surface area contributed by atoms with E-state index in [0.29, 0.717) is 11.8 Å². The van der Waals surface area contributed by atoms with Crippen molar-refractivity contribution in [3.05, 3.63) is 108 Å². The van der Waals surface area contributed by atoms with E-state index in [1.807, 2.05) is 0 Å². The average molecular weight is 384 g/mol. The summed E-state index contributed by atoms with van der Waals surface area (Å²) in [6.45, 7) is 2.96. The molecule has 2 unspecified atom stereocenters. The Morgan fingerprint density at radius 1 is 0.759 bits per heavy atom. The summed E-state index contributed by atoms with van der Waals surface area (Å²) >= 11 is 0. The van der Waals surface area contributed by atoms with Gasteiger partial charge in [-0.25, -0.2) is 0 Å². The maximum atomic E-state index is 11.0. The Balaban J connectivity index is 1.55. The average Bonchev–Trinajstić information content (AvgIpc) is 3.21. The fourth-order valence-corrected chi connectivity index (χ4v) is 5.92. The van der Waals surface area contributed by atoms with Crippen LogP contribution in [0.2, 0.25) is 0 Å². The lowest BCUT2D eigenvalue weighted by molar-refractivity contribution is 0.0234. The van der Waals surface area contributed by atoms with Crippen molar-refractivity contribution >= 4 is 0 Å². The molecule has 0 spiro atoms. The van der Waals surface area contributed by atoms with Crippen molar-refractivity contribution in [2.45, 2.75) is 30.9 Å². The number of hydrogen-bond acceptors (Lipinski definition) is 2. The van der Waals surface area contributed by atoms with E-state index in [0.717, 1.165) is 32.5 Å². The Morgan fingerprint density at radius 2 is 1.31 bits per heavy atom. The molecule has 1 heterocycles. The van der Waals surface area contributed by atoms with Crippen molar-refractivity contribution in [3.8, 4) is 0 Å². The van der Waals surface area contributed by atoms with Crippen LogP contribution in [-0.2, 0) is 12.0 Å². The van der Waals surface area contributed by atoms with Crippen LogP contribution in [0.4, 0.5) is 0 Å². The van der Waals surface area contributed by atoms with Gasteiger partial charge in [0.05, 0.1) is 6.10 Å². The van der Waals surface area contributed by atoms with Gasteiger partial charge < -0.3 is 5.11 Å². The lowest BCUT2D eigenvalue weighted by atomic mass is 9.56. The van der Waals surface area contributed by atoms with Crippen molar-refractivity contribution in [3.63, 3.8) is 0 Å². The third kappa shape index (κ3) is 3.31. The molecule has 2 fully saturated rings. The number of likely N-dealkylation sites (tertiary alicyclic amines) is 1. The van der Waals surface area contributed by atoms with Gasteiger partial charge in [0.25, 0.3) is 0 Å². The van der Waals surface area contributed by atoms with E-state index >= 15 is 0 Å². The van der Waals surface area contributed by atoms with Gasteiger partial charge in [-0.3, -0.25) is 4.90 Å². The number of rotatable bonds is 4. The summed E-state index contributed by atoms with van der Waals surface area (Å²) < 4.78 is 0. The highest BCUT2D eigenvalue weighted by atomic mass is 16.3. The van der Waals surface area contributed by atoms with Gasteiger partial charge in [-0.15, -0.1) is 0 Å². The summed E-state index contributed by atoms with van der Waals surface area (Å²) in [6, 6.07) is 32.8. The van der Waals surface area contributed by atoms with Crippen LogP contribution >= 0.6 is 0 Å². The summed E-state index contributed by atoms with van der Waals surface area (Å²) in [5.74, 6) is 0.729. The Hall–Kier alpha value is -2.42. The van der Waals surface area contributed by atoms with Crippen molar-refractivity contribution < 1.29 is 5.11 Å². The van der Waals surface area contributed by atoms with Gasteiger partial charge >= 0.3 is 0 Å². The van der Waals surface area contributed by atoms with E-state index in [9.17, 15) is 5.11 Å². The van der Waals surface area contributed by atoms with Crippen molar-refractivity contribution in [2.24, 2.45) is 11.8 Å². The number of nitrogens with zero attached hydrogens (tertiary/aromatic N) is 1. The first-order valence-corrected chi connectivity index (χ1v) is 10.8. The molecule has 2 heteroatoms. The SMILES string of the molecule is OC1CCC(c2ccccc2)(c2ccccc2)[C@@H]2CN(Cc3ccccc3)CC12. The second kappa shape index (κ2) is 7.78. The molecule has 0 bridgehead atoms. The minimum absolute atomic E-state index is 0.0299. The zero-order valence-electron chi connectivity index (χ0n) is 16.8. The molecular formula is C27H29NO. The fraction of sp³-hybridized carbons (Fsp3) is 0.333. The largest absolute Gasteiger partial charge is 0.393 e. The van der Waals surface area contributed by atoms with Crippen molar-refractivity contribution in [1.29, 1.82) is 0 Å². The minimum atomic E-state index is -0.207. The molecule has 1 saturated heterocycles. The molecule has 1 aliphatic heterocycles. The summed E-state index contributed by atoms with van der Waals surface area (Å²) in [7, 11) is 0. The summed E-state index contributed by atoms with van der Waals surface area (Å²) in [4.78, 5) is 2.56. The normalized spacial score (nSPS) is 26.2. The van der Waals surface area contributed by atoms with Crippen molar-refractivity contribution in [1.82, 2.24) is 4.90 Å². The van der Waals surface area contributed by atoms with Crippen LogP contribution in [0.5, 0.6) is 0 Å². The molecule has 2 nitrogen and oxygen atoms in total. The predicted octanol–water partition coefficient (Wildman–Crippen LogP) is 4.88. The second-order valence-electron chi connectivity index (χ2n) is 8.76. The Bertz CT molecular complexity index is 885. The first-order chi connectivity index (χ1) is 14.3.